The van der Waals surface area contributed by atoms with Crippen molar-refractivity contribution in [3.8, 4) is 11.5 Å². The van der Waals surface area contributed by atoms with Crippen LogP contribution in [-0.2, 0) is 16.2 Å². The van der Waals surface area contributed by atoms with E-state index in [1.807, 2.05) is 38.1 Å². The number of ether oxygens (including phenoxy) is 2. The molecule has 1 aliphatic heterocycles. The SMILES string of the molecule is CCOc1cc(/C=C2\SC(=O)N(CC(=O)Nc3ccccc3)C2=O)cc(Br)c1OCc1cccc(C)c1. The van der Waals surface area contributed by atoms with Gasteiger partial charge in [-0.3, -0.25) is 19.3 Å². The second-order valence-electron chi connectivity index (χ2n) is 8.22. The smallest absolute Gasteiger partial charge is 0.294 e. The number of rotatable bonds is 9. The number of hydrogen-bond donors (Lipinski definition) is 1. The lowest BCUT2D eigenvalue weighted by Gasteiger charge is -2.15. The zero-order valence-electron chi connectivity index (χ0n) is 20.3. The van der Waals surface area contributed by atoms with E-state index < -0.39 is 17.1 Å². The van der Waals surface area contributed by atoms with Crippen molar-refractivity contribution in [3.63, 3.8) is 0 Å². The number of halogens is 1. The number of aryl methyl sites for hydroxylation is 1. The first kappa shape index (κ1) is 26.5. The van der Waals surface area contributed by atoms with Crippen LogP contribution in [0.15, 0.2) is 76.1 Å². The number of hydrogen-bond acceptors (Lipinski definition) is 6. The van der Waals surface area contributed by atoms with E-state index in [-0.39, 0.29) is 11.4 Å². The Morgan fingerprint density at radius 2 is 1.84 bits per heavy atom. The molecule has 9 heteroatoms. The Morgan fingerprint density at radius 1 is 1.05 bits per heavy atom. The summed E-state index contributed by atoms with van der Waals surface area (Å²) in [6.07, 6.45) is 1.61. The van der Waals surface area contributed by atoms with Crippen molar-refractivity contribution < 1.29 is 23.9 Å². The number of para-hydroxylation sites is 1. The van der Waals surface area contributed by atoms with Crippen LogP contribution in [0.4, 0.5) is 10.5 Å². The van der Waals surface area contributed by atoms with Crippen LogP contribution in [0.2, 0.25) is 0 Å². The summed E-state index contributed by atoms with van der Waals surface area (Å²) in [6, 6.07) is 20.5. The Morgan fingerprint density at radius 3 is 2.57 bits per heavy atom. The zero-order valence-corrected chi connectivity index (χ0v) is 22.7. The fraction of sp³-hybridized carbons (Fsp3) is 0.179. The molecule has 37 heavy (non-hydrogen) atoms. The van der Waals surface area contributed by atoms with Crippen LogP contribution >= 0.6 is 27.7 Å². The lowest BCUT2D eigenvalue weighted by Crippen LogP contribution is -2.36. The maximum absolute atomic E-state index is 12.9. The summed E-state index contributed by atoms with van der Waals surface area (Å²) in [6.45, 7) is 4.32. The minimum Gasteiger partial charge on any atom is -0.490 e. The van der Waals surface area contributed by atoms with Gasteiger partial charge in [0.05, 0.1) is 16.0 Å². The molecule has 0 radical (unpaired) electrons. The fourth-order valence-electron chi connectivity index (χ4n) is 3.68. The molecule has 0 bridgehead atoms. The van der Waals surface area contributed by atoms with Gasteiger partial charge in [0.25, 0.3) is 11.1 Å². The average molecular weight is 581 g/mol. The Hall–Kier alpha value is -3.56. The van der Waals surface area contributed by atoms with E-state index >= 15 is 0 Å². The third-order valence-corrected chi connectivity index (χ3v) is 6.82. The summed E-state index contributed by atoms with van der Waals surface area (Å²) in [4.78, 5) is 39.0. The largest absolute Gasteiger partial charge is 0.490 e. The molecule has 1 fully saturated rings. The summed E-state index contributed by atoms with van der Waals surface area (Å²) < 4.78 is 12.5. The molecule has 4 rings (SSSR count). The highest BCUT2D eigenvalue weighted by molar-refractivity contribution is 9.10. The molecule has 0 aliphatic carbocycles. The van der Waals surface area contributed by atoms with Crippen LogP contribution in [-0.4, -0.2) is 35.1 Å². The molecule has 1 heterocycles. The van der Waals surface area contributed by atoms with Crippen LogP contribution in [0.25, 0.3) is 6.08 Å². The molecule has 1 aliphatic rings. The molecule has 3 aromatic carbocycles. The monoisotopic (exact) mass is 580 g/mol. The fourth-order valence-corrected chi connectivity index (χ4v) is 5.10. The summed E-state index contributed by atoms with van der Waals surface area (Å²) in [5, 5.41) is 2.19. The average Bonchev–Trinajstić information content (AvgIpc) is 3.11. The van der Waals surface area contributed by atoms with Crippen molar-refractivity contribution in [1.82, 2.24) is 4.90 Å². The number of carbonyl (C=O) groups is 3. The van der Waals surface area contributed by atoms with Crippen LogP contribution in [0.1, 0.15) is 23.6 Å². The van der Waals surface area contributed by atoms with Crippen molar-refractivity contribution in [3.05, 3.63) is 92.8 Å². The molecule has 1 saturated heterocycles. The predicted octanol–water partition coefficient (Wildman–Crippen LogP) is 6.41. The van der Waals surface area contributed by atoms with Gasteiger partial charge in [-0.2, -0.15) is 0 Å². The Bertz CT molecular complexity index is 1360. The molecule has 0 saturated carbocycles. The molecule has 1 N–H and O–H groups in total. The minimum absolute atomic E-state index is 0.222. The van der Waals surface area contributed by atoms with E-state index in [4.69, 9.17) is 9.47 Å². The van der Waals surface area contributed by atoms with Crippen LogP contribution in [0.5, 0.6) is 11.5 Å². The van der Waals surface area contributed by atoms with Crippen molar-refractivity contribution in [2.75, 3.05) is 18.5 Å². The molecular formula is C28H25BrN2O5S. The number of amides is 3. The molecule has 0 spiro atoms. The van der Waals surface area contributed by atoms with Gasteiger partial charge in [-0.15, -0.1) is 0 Å². The molecule has 0 atom stereocenters. The first-order chi connectivity index (χ1) is 17.8. The van der Waals surface area contributed by atoms with Crippen molar-refractivity contribution >= 4 is 56.5 Å². The topological polar surface area (TPSA) is 84.9 Å². The second kappa shape index (κ2) is 12.1. The Balaban J connectivity index is 1.49. The molecule has 3 aromatic rings. The normalized spacial score (nSPS) is 14.2. The van der Waals surface area contributed by atoms with E-state index in [1.54, 1.807) is 42.5 Å². The first-order valence-corrected chi connectivity index (χ1v) is 13.2. The van der Waals surface area contributed by atoms with Crippen LogP contribution in [0, 0.1) is 6.92 Å². The lowest BCUT2D eigenvalue weighted by molar-refractivity contribution is -0.127. The highest BCUT2D eigenvalue weighted by Gasteiger charge is 2.36. The zero-order chi connectivity index (χ0) is 26.4. The van der Waals surface area contributed by atoms with Crippen molar-refractivity contribution in [2.24, 2.45) is 0 Å². The first-order valence-electron chi connectivity index (χ1n) is 11.6. The predicted molar refractivity (Wildman–Crippen MR) is 149 cm³/mol. The van der Waals surface area contributed by atoms with E-state index in [0.29, 0.717) is 40.4 Å². The van der Waals surface area contributed by atoms with Gasteiger partial charge in [0.2, 0.25) is 5.91 Å². The van der Waals surface area contributed by atoms with Gasteiger partial charge in [-0.25, -0.2) is 0 Å². The van der Waals surface area contributed by atoms with Crippen molar-refractivity contribution in [1.29, 1.82) is 0 Å². The van der Waals surface area contributed by atoms with Gasteiger partial charge < -0.3 is 14.8 Å². The standard InChI is InChI=1S/C28H25BrN2O5S/c1-3-35-23-14-20(13-22(29)26(23)36-17-19-9-7-8-18(2)12-19)15-24-27(33)31(28(34)37-24)16-25(32)30-21-10-5-4-6-11-21/h4-15H,3,16-17H2,1-2H3,(H,30,32)/b24-15-. The Kier molecular flexibility index (Phi) is 8.68. The Labute approximate surface area is 228 Å². The number of nitrogens with zero attached hydrogens (tertiary/aromatic N) is 1. The summed E-state index contributed by atoms with van der Waals surface area (Å²) >= 11 is 4.35. The van der Waals surface area contributed by atoms with E-state index in [0.717, 1.165) is 27.8 Å². The van der Waals surface area contributed by atoms with Gasteiger partial charge in [0.15, 0.2) is 11.5 Å². The summed E-state index contributed by atoms with van der Waals surface area (Å²) in [5.74, 6) is 0.0849. The lowest BCUT2D eigenvalue weighted by atomic mass is 10.1. The number of thioether (sulfide) groups is 1. The number of carbonyl (C=O) groups excluding carboxylic acids is 3. The summed E-state index contributed by atoms with van der Waals surface area (Å²) in [5.41, 5.74) is 3.42. The van der Waals surface area contributed by atoms with E-state index in [2.05, 4.69) is 27.3 Å². The van der Waals surface area contributed by atoms with E-state index in [1.165, 1.54) is 0 Å². The minimum atomic E-state index is -0.521. The number of nitrogens with one attached hydrogen (secondary N) is 1. The van der Waals surface area contributed by atoms with Gasteiger partial charge in [0, 0.05) is 5.69 Å². The number of benzene rings is 3. The third-order valence-electron chi connectivity index (χ3n) is 5.33. The maximum Gasteiger partial charge on any atom is 0.294 e. The van der Waals surface area contributed by atoms with Gasteiger partial charge >= 0.3 is 0 Å². The quantitative estimate of drug-likeness (QED) is 0.294. The highest BCUT2D eigenvalue weighted by Crippen LogP contribution is 2.39. The van der Waals surface area contributed by atoms with Crippen molar-refractivity contribution in [2.45, 2.75) is 20.5 Å². The van der Waals surface area contributed by atoms with Gasteiger partial charge in [-0.1, -0.05) is 48.0 Å². The van der Waals surface area contributed by atoms with Crippen LogP contribution < -0.4 is 14.8 Å². The highest BCUT2D eigenvalue weighted by atomic mass is 79.9. The summed E-state index contributed by atoms with van der Waals surface area (Å²) in [7, 11) is 0. The number of imide groups is 1. The molecule has 3 amide bonds. The third kappa shape index (κ3) is 6.81. The molecule has 7 nitrogen and oxygen atoms in total. The second-order valence-corrected chi connectivity index (χ2v) is 10.1. The van der Waals surface area contributed by atoms with Gasteiger partial charge in [0.1, 0.15) is 13.2 Å². The van der Waals surface area contributed by atoms with E-state index in [9.17, 15) is 14.4 Å². The number of anilines is 1. The maximum atomic E-state index is 12.9. The van der Waals surface area contributed by atoms with Crippen LogP contribution in [0.3, 0.4) is 0 Å². The molecular weight excluding hydrogens is 556 g/mol. The van der Waals surface area contributed by atoms with Gasteiger partial charge in [-0.05, 0) is 83.0 Å². The molecule has 0 unspecified atom stereocenters. The molecule has 0 aromatic heterocycles. The molecule has 190 valence electrons.